The van der Waals surface area contributed by atoms with Crippen LogP contribution in [0.4, 0.5) is 5.69 Å². The molecule has 0 aromatic heterocycles. The number of para-hydroxylation sites is 1. The Kier molecular flexibility index (Phi) is 4.45. The van der Waals surface area contributed by atoms with Gasteiger partial charge in [-0.15, -0.1) is 0 Å². The molecule has 4 rings (SSSR count). The van der Waals surface area contributed by atoms with E-state index in [1.165, 1.54) is 4.90 Å². The van der Waals surface area contributed by atoms with Gasteiger partial charge in [0.1, 0.15) is 17.9 Å². The molecule has 2 saturated heterocycles. The number of hydrogen-bond donors (Lipinski definition) is 3. The first kappa shape index (κ1) is 18.6. The van der Waals surface area contributed by atoms with Crippen LogP contribution in [0.1, 0.15) is 38.2 Å². The number of nitrogens with one attached hydrogen (secondary N) is 1. The third-order valence-electron chi connectivity index (χ3n) is 6.33. The molecule has 4 amide bonds. The maximum atomic E-state index is 13.3. The number of nitrogens with two attached hydrogens (primary N) is 2. The fourth-order valence-corrected chi connectivity index (χ4v) is 5.09. The summed E-state index contributed by atoms with van der Waals surface area (Å²) >= 11 is 0. The van der Waals surface area contributed by atoms with E-state index in [9.17, 15) is 19.2 Å². The second kappa shape index (κ2) is 6.70. The molecule has 0 aliphatic carbocycles. The molecule has 8 nitrogen and oxygen atoms in total. The lowest BCUT2D eigenvalue weighted by molar-refractivity contribution is -0.734. The Balaban J connectivity index is 1.79. The van der Waals surface area contributed by atoms with Crippen LogP contribution < -0.4 is 16.4 Å². The molecule has 3 heterocycles. The topological polar surface area (TPSA) is 126 Å². The minimum Gasteiger partial charge on any atom is -0.370 e. The summed E-state index contributed by atoms with van der Waals surface area (Å²) in [5.74, 6) is -2.64. The van der Waals surface area contributed by atoms with Gasteiger partial charge in [-0.3, -0.25) is 24.1 Å². The summed E-state index contributed by atoms with van der Waals surface area (Å²) in [7, 11) is 0. The lowest BCUT2D eigenvalue weighted by Crippen LogP contribution is -2.99. The SMILES string of the molecule is CCCCN1C(=O)[C@H]2[C@@H](C1=O)[C@]1([NH2+][C@@H]2CCC(N)=O)C(=O)Nc2ccccc21. The molecular weight excluding hydrogens is 360 g/mol. The number of unbranched alkanes of at least 4 members (excludes halogenated alkanes) is 1. The van der Waals surface area contributed by atoms with Gasteiger partial charge in [0.25, 0.3) is 5.91 Å². The predicted octanol–water partition coefficient (Wildman–Crippen LogP) is -0.554. The summed E-state index contributed by atoms with van der Waals surface area (Å²) in [5, 5.41) is 4.71. The molecule has 1 aromatic rings. The second-order valence-electron chi connectivity index (χ2n) is 7.89. The molecule has 0 saturated carbocycles. The highest BCUT2D eigenvalue weighted by Gasteiger charge is 2.73. The summed E-state index contributed by atoms with van der Waals surface area (Å²) in [6.07, 6.45) is 2.05. The Morgan fingerprint density at radius 2 is 2.00 bits per heavy atom. The largest absolute Gasteiger partial charge is 0.370 e. The van der Waals surface area contributed by atoms with Gasteiger partial charge in [0, 0.05) is 24.9 Å². The molecule has 8 heteroatoms. The zero-order valence-corrected chi connectivity index (χ0v) is 15.8. The van der Waals surface area contributed by atoms with Gasteiger partial charge in [0.15, 0.2) is 0 Å². The molecule has 1 spiro atoms. The van der Waals surface area contributed by atoms with Crippen LogP contribution in [0, 0.1) is 11.8 Å². The van der Waals surface area contributed by atoms with Crippen molar-refractivity contribution >= 4 is 29.3 Å². The monoisotopic (exact) mass is 385 g/mol. The van der Waals surface area contributed by atoms with Crippen LogP contribution in [-0.2, 0) is 24.7 Å². The number of carbonyl (C=O) groups excluding carboxylic acids is 4. The summed E-state index contributed by atoms with van der Waals surface area (Å²) in [4.78, 5) is 52.3. The van der Waals surface area contributed by atoms with Gasteiger partial charge in [-0.1, -0.05) is 31.5 Å². The van der Waals surface area contributed by atoms with E-state index < -0.39 is 23.3 Å². The Labute approximate surface area is 162 Å². The quantitative estimate of drug-likeness (QED) is 0.568. The van der Waals surface area contributed by atoms with Crippen LogP contribution in [-0.4, -0.2) is 41.1 Å². The molecule has 2 fully saturated rings. The average Bonchev–Trinajstić information content (AvgIpc) is 3.24. The number of primary amides is 1. The van der Waals surface area contributed by atoms with Crippen molar-refractivity contribution in [2.45, 2.75) is 44.2 Å². The van der Waals surface area contributed by atoms with E-state index in [0.717, 1.165) is 18.4 Å². The Morgan fingerprint density at radius 3 is 2.71 bits per heavy atom. The third-order valence-corrected chi connectivity index (χ3v) is 6.33. The molecule has 5 N–H and O–H groups in total. The number of carbonyl (C=O) groups is 4. The molecule has 1 aromatic carbocycles. The summed E-state index contributed by atoms with van der Waals surface area (Å²) in [5.41, 5.74) is 5.55. The maximum Gasteiger partial charge on any atom is 0.291 e. The number of nitrogens with zero attached hydrogens (tertiary/aromatic N) is 1. The van der Waals surface area contributed by atoms with Gasteiger partial charge in [-0.2, -0.15) is 0 Å². The number of quaternary nitrogens is 1. The lowest BCUT2D eigenvalue weighted by Gasteiger charge is -2.26. The lowest BCUT2D eigenvalue weighted by atomic mass is 9.76. The molecular formula is C20H25N4O4+. The Hall–Kier alpha value is -2.74. The van der Waals surface area contributed by atoms with Crippen LogP contribution >= 0.6 is 0 Å². The summed E-state index contributed by atoms with van der Waals surface area (Å²) in [6, 6.07) is 6.94. The van der Waals surface area contributed by atoms with E-state index in [4.69, 9.17) is 5.73 Å². The molecule has 0 bridgehead atoms. The minimum atomic E-state index is -1.17. The fourth-order valence-electron chi connectivity index (χ4n) is 5.09. The predicted molar refractivity (Wildman–Crippen MR) is 99.5 cm³/mol. The van der Waals surface area contributed by atoms with Crippen molar-refractivity contribution in [1.29, 1.82) is 0 Å². The van der Waals surface area contributed by atoms with Crippen LogP contribution in [0.5, 0.6) is 0 Å². The third kappa shape index (κ3) is 2.47. The van der Waals surface area contributed by atoms with E-state index in [1.54, 1.807) is 6.07 Å². The van der Waals surface area contributed by atoms with Gasteiger partial charge >= 0.3 is 0 Å². The van der Waals surface area contributed by atoms with Gasteiger partial charge in [0.05, 0.1) is 5.69 Å². The summed E-state index contributed by atoms with van der Waals surface area (Å²) < 4.78 is 0. The van der Waals surface area contributed by atoms with E-state index in [1.807, 2.05) is 30.4 Å². The highest BCUT2D eigenvalue weighted by Crippen LogP contribution is 2.49. The van der Waals surface area contributed by atoms with Gasteiger partial charge < -0.3 is 16.4 Å². The van der Waals surface area contributed by atoms with Crippen molar-refractivity contribution in [2.75, 3.05) is 11.9 Å². The van der Waals surface area contributed by atoms with Crippen molar-refractivity contribution in [3.63, 3.8) is 0 Å². The first-order chi connectivity index (χ1) is 13.4. The van der Waals surface area contributed by atoms with E-state index in [-0.39, 0.29) is 30.2 Å². The van der Waals surface area contributed by atoms with Crippen molar-refractivity contribution in [3.8, 4) is 0 Å². The summed E-state index contributed by atoms with van der Waals surface area (Å²) in [6.45, 7) is 2.36. The van der Waals surface area contributed by atoms with Gasteiger partial charge in [0.2, 0.25) is 23.3 Å². The molecule has 0 unspecified atom stereocenters. The fraction of sp³-hybridized carbons (Fsp3) is 0.500. The smallest absolute Gasteiger partial charge is 0.291 e. The van der Waals surface area contributed by atoms with Gasteiger partial charge in [-0.25, -0.2) is 0 Å². The van der Waals surface area contributed by atoms with E-state index >= 15 is 0 Å². The number of anilines is 1. The van der Waals surface area contributed by atoms with Crippen LogP contribution in [0.15, 0.2) is 24.3 Å². The number of imide groups is 1. The van der Waals surface area contributed by atoms with Crippen molar-refractivity contribution in [3.05, 3.63) is 29.8 Å². The number of likely N-dealkylation sites (tertiary alicyclic amines) is 1. The average molecular weight is 385 g/mol. The first-order valence-corrected chi connectivity index (χ1v) is 9.82. The van der Waals surface area contributed by atoms with Gasteiger partial charge in [-0.05, 0) is 12.5 Å². The zero-order chi connectivity index (χ0) is 20.1. The Morgan fingerprint density at radius 1 is 1.25 bits per heavy atom. The first-order valence-electron chi connectivity index (χ1n) is 9.82. The molecule has 3 aliphatic heterocycles. The highest BCUT2D eigenvalue weighted by molar-refractivity contribution is 6.13. The van der Waals surface area contributed by atoms with Crippen LogP contribution in [0.3, 0.4) is 0 Å². The van der Waals surface area contributed by atoms with Crippen molar-refractivity contribution in [2.24, 2.45) is 17.6 Å². The number of benzene rings is 1. The molecule has 28 heavy (non-hydrogen) atoms. The molecule has 4 atom stereocenters. The molecule has 3 aliphatic rings. The van der Waals surface area contributed by atoms with Crippen molar-refractivity contribution in [1.82, 2.24) is 4.90 Å². The molecule has 148 valence electrons. The zero-order valence-electron chi connectivity index (χ0n) is 15.8. The number of rotatable bonds is 6. The maximum absolute atomic E-state index is 13.3. The van der Waals surface area contributed by atoms with E-state index in [2.05, 4.69) is 5.32 Å². The highest BCUT2D eigenvalue weighted by atomic mass is 16.2. The minimum absolute atomic E-state index is 0.111. The van der Waals surface area contributed by atoms with Crippen LogP contribution in [0.2, 0.25) is 0 Å². The second-order valence-corrected chi connectivity index (χ2v) is 7.89. The number of amides is 4. The Bertz CT molecular complexity index is 870. The number of hydrogen-bond acceptors (Lipinski definition) is 4. The molecule has 0 radical (unpaired) electrons. The standard InChI is InChI=1S/C20H24N4O4/c1-2-3-10-24-17(26)15-13(8-9-14(21)25)23-20(16(15)18(24)27)11-6-4-5-7-12(11)22-19(20)28/h4-7,13,15-16,23H,2-3,8-10H2,1H3,(H2,21,25)(H,22,28)/p+1/t13-,15-,16+,20+/m1/s1. The normalized spacial score (nSPS) is 30.7. The van der Waals surface area contributed by atoms with E-state index in [0.29, 0.717) is 18.7 Å². The van der Waals surface area contributed by atoms with Crippen molar-refractivity contribution < 1.29 is 24.5 Å². The van der Waals surface area contributed by atoms with Crippen LogP contribution in [0.25, 0.3) is 0 Å². The number of fused-ring (bicyclic) bond motifs is 4.